The molecule has 94 valence electrons. The van der Waals surface area contributed by atoms with Gasteiger partial charge in [0.05, 0.1) is 5.69 Å². The fraction of sp³-hybridized carbons (Fsp3) is 0.786. The van der Waals surface area contributed by atoms with Gasteiger partial charge >= 0.3 is 0 Å². The van der Waals surface area contributed by atoms with Crippen molar-refractivity contribution in [3.05, 3.63) is 17.5 Å². The van der Waals surface area contributed by atoms with E-state index in [-0.39, 0.29) is 0 Å². The van der Waals surface area contributed by atoms with Crippen molar-refractivity contribution in [2.75, 3.05) is 0 Å². The third kappa shape index (κ3) is 2.39. The molecule has 3 nitrogen and oxygen atoms in total. The minimum atomic E-state index is 0.440. The van der Waals surface area contributed by atoms with Crippen molar-refractivity contribution in [3.8, 4) is 0 Å². The Morgan fingerprint density at radius 2 is 1.88 bits per heavy atom. The summed E-state index contributed by atoms with van der Waals surface area (Å²) in [6, 6.07) is 1.21. The number of hydrogen-bond acceptors (Lipinski definition) is 2. The maximum atomic E-state index is 4.44. The zero-order chi connectivity index (χ0) is 12.0. The molecular weight excluding hydrogens is 210 g/mol. The normalized spacial score (nSPS) is 22.1. The minimum Gasteiger partial charge on any atom is -0.307 e. The summed E-state index contributed by atoms with van der Waals surface area (Å²) in [6.07, 6.45) is 7.91. The molecule has 0 saturated heterocycles. The predicted octanol–water partition coefficient (Wildman–Crippen LogP) is 2.57. The highest BCUT2D eigenvalue weighted by molar-refractivity contribution is 5.20. The predicted molar refractivity (Wildman–Crippen MR) is 68.7 cm³/mol. The van der Waals surface area contributed by atoms with Crippen LogP contribution in [0.4, 0.5) is 0 Å². The van der Waals surface area contributed by atoms with Crippen LogP contribution in [0.25, 0.3) is 0 Å². The third-order valence-electron chi connectivity index (χ3n) is 4.22. The monoisotopic (exact) mass is 233 g/mol. The molecule has 3 rings (SSSR count). The summed E-state index contributed by atoms with van der Waals surface area (Å²) in [4.78, 5) is 0. The maximum Gasteiger partial charge on any atom is 0.0641 e. The highest BCUT2D eigenvalue weighted by Gasteiger charge is 2.41. The molecule has 2 fully saturated rings. The van der Waals surface area contributed by atoms with Crippen LogP contribution in [0.5, 0.6) is 0 Å². The fourth-order valence-electron chi connectivity index (χ4n) is 2.99. The molecule has 2 saturated carbocycles. The molecule has 17 heavy (non-hydrogen) atoms. The van der Waals surface area contributed by atoms with Crippen molar-refractivity contribution in [2.45, 2.75) is 51.6 Å². The van der Waals surface area contributed by atoms with E-state index in [9.17, 15) is 0 Å². The summed E-state index contributed by atoms with van der Waals surface area (Å²) < 4.78 is 1.92. The Balaban J connectivity index is 1.68. The Morgan fingerprint density at radius 3 is 2.29 bits per heavy atom. The van der Waals surface area contributed by atoms with Gasteiger partial charge < -0.3 is 5.32 Å². The van der Waals surface area contributed by atoms with Crippen LogP contribution in [0, 0.1) is 18.8 Å². The van der Waals surface area contributed by atoms with Crippen LogP contribution < -0.4 is 5.32 Å². The molecule has 0 bridgehead atoms. The van der Waals surface area contributed by atoms with Gasteiger partial charge in [-0.2, -0.15) is 5.10 Å². The molecule has 3 heteroatoms. The van der Waals surface area contributed by atoms with Crippen LogP contribution in [0.3, 0.4) is 0 Å². The first-order valence-corrected chi connectivity index (χ1v) is 6.91. The van der Waals surface area contributed by atoms with E-state index in [1.165, 1.54) is 31.2 Å². The summed E-state index contributed by atoms with van der Waals surface area (Å²) in [7, 11) is 2.00. The smallest absolute Gasteiger partial charge is 0.0641 e. The molecule has 0 amide bonds. The molecule has 1 unspecified atom stereocenters. The Labute approximate surface area is 104 Å². The summed E-state index contributed by atoms with van der Waals surface area (Å²) in [5, 5.41) is 8.30. The Bertz CT molecular complexity index is 390. The van der Waals surface area contributed by atoms with Crippen molar-refractivity contribution in [1.82, 2.24) is 15.1 Å². The lowest BCUT2D eigenvalue weighted by atomic mass is 10.0. The SMILES string of the molecule is Cc1nn(C)cc1C(C)NC(C1CC1)C1CC1. The molecule has 0 spiro atoms. The lowest BCUT2D eigenvalue weighted by Gasteiger charge is -2.23. The number of rotatable bonds is 5. The summed E-state index contributed by atoms with van der Waals surface area (Å²) in [5.41, 5.74) is 2.52. The summed E-state index contributed by atoms with van der Waals surface area (Å²) in [6.45, 7) is 4.39. The topological polar surface area (TPSA) is 29.9 Å². The van der Waals surface area contributed by atoms with Gasteiger partial charge in [-0.25, -0.2) is 0 Å². The first kappa shape index (κ1) is 11.3. The molecule has 1 N–H and O–H groups in total. The van der Waals surface area contributed by atoms with Crippen molar-refractivity contribution >= 4 is 0 Å². The second-order valence-electron chi connectivity index (χ2n) is 5.93. The largest absolute Gasteiger partial charge is 0.307 e. The van der Waals surface area contributed by atoms with E-state index in [1.54, 1.807) is 0 Å². The average molecular weight is 233 g/mol. The molecule has 2 aliphatic carbocycles. The van der Waals surface area contributed by atoms with Gasteiger partial charge in [0.25, 0.3) is 0 Å². The molecule has 0 radical (unpaired) electrons. The lowest BCUT2D eigenvalue weighted by molar-refractivity contribution is 0.377. The maximum absolute atomic E-state index is 4.44. The van der Waals surface area contributed by atoms with Gasteiger partial charge in [-0.05, 0) is 51.4 Å². The van der Waals surface area contributed by atoms with Gasteiger partial charge in [-0.1, -0.05) is 0 Å². The van der Waals surface area contributed by atoms with Crippen molar-refractivity contribution in [1.29, 1.82) is 0 Å². The van der Waals surface area contributed by atoms with Gasteiger partial charge in [0.15, 0.2) is 0 Å². The Morgan fingerprint density at radius 1 is 1.29 bits per heavy atom. The standard InChI is InChI=1S/C14H23N3/c1-9(13-8-17(3)16-10(13)2)15-14(11-4-5-11)12-6-7-12/h8-9,11-12,14-15H,4-7H2,1-3H3. The summed E-state index contributed by atoms with van der Waals surface area (Å²) >= 11 is 0. The van der Waals surface area contributed by atoms with Crippen LogP contribution >= 0.6 is 0 Å². The average Bonchev–Trinajstić information content (AvgIpc) is 3.13. The molecule has 1 atom stereocenters. The first-order valence-electron chi connectivity index (χ1n) is 6.91. The lowest BCUT2D eigenvalue weighted by Crippen LogP contribution is -2.35. The zero-order valence-corrected chi connectivity index (χ0v) is 11.1. The van der Waals surface area contributed by atoms with Crippen molar-refractivity contribution < 1.29 is 0 Å². The number of aryl methyl sites for hydroxylation is 2. The summed E-state index contributed by atoms with van der Waals surface area (Å²) in [5.74, 6) is 1.92. The molecule has 0 aromatic carbocycles. The minimum absolute atomic E-state index is 0.440. The number of aromatic nitrogens is 2. The quantitative estimate of drug-likeness (QED) is 0.847. The van der Waals surface area contributed by atoms with Crippen LogP contribution in [0.1, 0.15) is 49.9 Å². The molecular formula is C14H23N3. The number of nitrogens with one attached hydrogen (secondary N) is 1. The van der Waals surface area contributed by atoms with E-state index >= 15 is 0 Å². The van der Waals surface area contributed by atoms with E-state index in [0.717, 1.165) is 23.6 Å². The van der Waals surface area contributed by atoms with E-state index in [0.29, 0.717) is 6.04 Å². The second-order valence-corrected chi connectivity index (χ2v) is 5.93. The van der Waals surface area contributed by atoms with Crippen LogP contribution in [0.2, 0.25) is 0 Å². The Kier molecular flexibility index (Phi) is 2.74. The molecule has 1 aromatic rings. The van der Waals surface area contributed by atoms with E-state index in [1.807, 2.05) is 11.7 Å². The highest BCUT2D eigenvalue weighted by Crippen LogP contribution is 2.45. The third-order valence-corrected chi connectivity index (χ3v) is 4.22. The second kappa shape index (κ2) is 4.13. The molecule has 1 heterocycles. The van der Waals surface area contributed by atoms with E-state index < -0.39 is 0 Å². The van der Waals surface area contributed by atoms with Gasteiger partial charge in [-0.3, -0.25) is 4.68 Å². The van der Waals surface area contributed by atoms with E-state index in [2.05, 4.69) is 30.5 Å². The van der Waals surface area contributed by atoms with Gasteiger partial charge in [0.1, 0.15) is 0 Å². The van der Waals surface area contributed by atoms with Crippen molar-refractivity contribution in [3.63, 3.8) is 0 Å². The van der Waals surface area contributed by atoms with Crippen LogP contribution in [-0.2, 0) is 7.05 Å². The number of hydrogen-bond donors (Lipinski definition) is 1. The van der Waals surface area contributed by atoms with Crippen LogP contribution in [0.15, 0.2) is 6.20 Å². The van der Waals surface area contributed by atoms with E-state index in [4.69, 9.17) is 0 Å². The fourth-order valence-corrected chi connectivity index (χ4v) is 2.99. The number of nitrogens with zero attached hydrogens (tertiary/aromatic N) is 2. The van der Waals surface area contributed by atoms with Gasteiger partial charge in [0, 0.05) is 30.9 Å². The highest BCUT2D eigenvalue weighted by atomic mass is 15.3. The molecule has 1 aromatic heterocycles. The van der Waals surface area contributed by atoms with Crippen LogP contribution in [-0.4, -0.2) is 15.8 Å². The van der Waals surface area contributed by atoms with Crippen molar-refractivity contribution in [2.24, 2.45) is 18.9 Å². The van der Waals surface area contributed by atoms with Gasteiger partial charge in [0.2, 0.25) is 0 Å². The molecule has 2 aliphatic rings. The molecule has 0 aliphatic heterocycles. The Hall–Kier alpha value is -0.830. The first-order chi connectivity index (χ1) is 8.15. The zero-order valence-electron chi connectivity index (χ0n) is 11.1. The van der Waals surface area contributed by atoms with Gasteiger partial charge in [-0.15, -0.1) is 0 Å².